The van der Waals surface area contributed by atoms with E-state index in [0.717, 1.165) is 24.8 Å². The topological polar surface area (TPSA) is 33.1 Å². The van der Waals surface area contributed by atoms with Gasteiger partial charge in [0.1, 0.15) is 0 Å². The predicted molar refractivity (Wildman–Crippen MR) is 74.5 cm³/mol. The molecule has 1 aromatic rings. The number of aromatic nitrogens is 2. The van der Waals surface area contributed by atoms with Crippen LogP contribution in [-0.2, 0) is 13.6 Å². The van der Waals surface area contributed by atoms with E-state index in [-0.39, 0.29) is 0 Å². The summed E-state index contributed by atoms with van der Waals surface area (Å²) in [6.45, 7) is 8.89. The molecule has 1 aliphatic heterocycles. The molecule has 0 amide bonds. The van der Waals surface area contributed by atoms with E-state index in [1.54, 1.807) is 0 Å². The van der Waals surface area contributed by atoms with Crippen LogP contribution in [0.3, 0.4) is 0 Å². The Balaban J connectivity index is 1.78. The van der Waals surface area contributed by atoms with Gasteiger partial charge in [-0.15, -0.1) is 0 Å². The number of aryl methyl sites for hydroxylation is 2. The Morgan fingerprint density at radius 2 is 2.11 bits per heavy atom. The van der Waals surface area contributed by atoms with E-state index < -0.39 is 0 Å². The predicted octanol–water partition coefficient (Wildman–Crippen LogP) is 1.69. The number of hydrogen-bond acceptors (Lipinski definition) is 3. The second kappa shape index (κ2) is 6.34. The minimum Gasteiger partial charge on any atom is -0.314 e. The molecule has 0 spiro atoms. The molecule has 0 bridgehead atoms. The first-order chi connectivity index (χ1) is 8.69. The summed E-state index contributed by atoms with van der Waals surface area (Å²) >= 11 is 0. The summed E-state index contributed by atoms with van der Waals surface area (Å²) in [5.74, 6) is 0. The minimum atomic E-state index is 0.731. The summed E-state index contributed by atoms with van der Waals surface area (Å²) in [5.41, 5.74) is 2.44. The highest BCUT2D eigenvalue weighted by atomic mass is 15.3. The third-order valence-electron chi connectivity index (χ3n) is 3.76. The lowest BCUT2D eigenvalue weighted by molar-refractivity contribution is 0.187. The first-order valence-electron chi connectivity index (χ1n) is 7.14. The van der Waals surface area contributed by atoms with Gasteiger partial charge in [-0.1, -0.05) is 6.92 Å². The Hall–Kier alpha value is -0.870. The Labute approximate surface area is 110 Å². The van der Waals surface area contributed by atoms with Gasteiger partial charge >= 0.3 is 0 Å². The third-order valence-corrected chi connectivity index (χ3v) is 3.76. The molecular formula is C14H26N4. The third kappa shape index (κ3) is 3.56. The maximum Gasteiger partial charge on any atom is 0.0597 e. The number of rotatable bonds is 5. The zero-order valence-corrected chi connectivity index (χ0v) is 11.9. The van der Waals surface area contributed by atoms with Crippen LogP contribution in [0.25, 0.3) is 0 Å². The molecule has 1 saturated heterocycles. The van der Waals surface area contributed by atoms with Gasteiger partial charge in [-0.25, -0.2) is 0 Å². The van der Waals surface area contributed by atoms with Crippen molar-refractivity contribution in [3.8, 4) is 0 Å². The molecule has 1 aromatic heterocycles. The monoisotopic (exact) mass is 250 g/mol. The van der Waals surface area contributed by atoms with E-state index in [1.807, 2.05) is 11.7 Å². The normalized spacial score (nSPS) is 18.4. The lowest BCUT2D eigenvalue weighted by Crippen LogP contribution is -2.42. The standard InChI is InChI=1S/C14H26N4/c1-4-7-15-13-5-8-18(9-6-13)11-14-10-12(2)16-17(14)3/h10,13,15H,4-9,11H2,1-3H3. The van der Waals surface area contributed by atoms with Crippen LogP contribution < -0.4 is 5.32 Å². The SMILES string of the molecule is CCCNC1CCN(Cc2cc(C)nn2C)CC1. The minimum absolute atomic E-state index is 0.731. The van der Waals surface area contributed by atoms with E-state index >= 15 is 0 Å². The molecule has 1 N–H and O–H groups in total. The number of piperidine rings is 1. The van der Waals surface area contributed by atoms with Crippen molar-refractivity contribution >= 4 is 0 Å². The summed E-state index contributed by atoms with van der Waals surface area (Å²) < 4.78 is 2.01. The Bertz CT molecular complexity index is 364. The Kier molecular flexibility index (Phi) is 4.78. The van der Waals surface area contributed by atoms with Crippen LogP contribution in [0.15, 0.2) is 6.07 Å². The molecule has 2 rings (SSSR count). The van der Waals surface area contributed by atoms with Gasteiger partial charge in [-0.05, 0) is 38.8 Å². The van der Waals surface area contributed by atoms with Crippen molar-refractivity contribution in [1.29, 1.82) is 0 Å². The highest BCUT2D eigenvalue weighted by Gasteiger charge is 2.19. The van der Waals surface area contributed by atoms with Crippen molar-refractivity contribution in [1.82, 2.24) is 20.0 Å². The second-order valence-electron chi connectivity index (χ2n) is 5.41. The fourth-order valence-corrected chi connectivity index (χ4v) is 2.68. The zero-order valence-electron chi connectivity index (χ0n) is 11.9. The van der Waals surface area contributed by atoms with Gasteiger partial charge in [-0.2, -0.15) is 5.10 Å². The first-order valence-corrected chi connectivity index (χ1v) is 7.14. The van der Waals surface area contributed by atoms with Gasteiger partial charge < -0.3 is 5.32 Å². The van der Waals surface area contributed by atoms with E-state index in [9.17, 15) is 0 Å². The largest absolute Gasteiger partial charge is 0.314 e. The summed E-state index contributed by atoms with van der Waals surface area (Å²) in [6, 6.07) is 2.93. The molecule has 4 nitrogen and oxygen atoms in total. The van der Waals surface area contributed by atoms with Gasteiger partial charge in [0.25, 0.3) is 0 Å². The molecule has 18 heavy (non-hydrogen) atoms. The maximum atomic E-state index is 4.41. The first kappa shape index (κ1) is 13.6. The summed E-state index contributed by atoms with van der Waals surface area (Å²) in [7, 11) is 2.04. The summed E-state index contributed by atoms with van der Waals surface area (Å²) in [6.07, 6.45) is 3.78. The highest BCUT2D eigenvalue weighted by Crippen LogP contribution is 2.14. The molecule has 0 saturated carbocycles. The van der Waals surface area contributed by atoms with Crippen molar-refractivity contribution in [3.63, 3.8) is 0 Å². The lowest BCUT2D eigenvalue weighted by atomic mass is 10.0. The van der Waals surface area contributed by atoms with Gasteiger partial charge in [0.2, 0.25) is 0 Å². The van der Waals surface area contributed by atoms with Crippen molar-refractivity contribution in [3.05, 3.63) is 17.5 Å². The van der Waals surface area contributed by atoms with Crippen LogP contribution in [0.4, 0.5) is 0 Å². The van der Waals surface area contributed by atoms with Crippen molar-refractivity contribution in [2.45, 2.75) is 45.7 Å². The van der Waals surface area contributed by atoms with Crippen LogP contribution in [0.5, 0.6) is 0 Å². The van der Waals surface area contributed by atoms with E-state index in [4.69, 9.17) is 0 Å². The molecular weight excluding hydrogens is 224 g/mol. The smallest absolute Gasteiger partial charge is 0.0597 e. The van der Waals surface area contributed by atoms with E-state index in [0.29, 0.717) is 0 Å². The second-order valence-corrected chi connectivity index (χ2v) is 5.41. The van der Waals surface area contributed by atoms with Crippen LogP contribution in [-0.4, -0.2) is 40.4 Å². The maximum absolute atomic E-state index is 4.41. The van der Waals surface area contributed by atoms with Crippen LogP contribution >= 0.6 is 0 Å². The number of nitrogens with one attached hydrogen (secondary N) is 1. The van der Waals surface area contributed by atoms with E-state index in [1.165, 1.54) is 38.0 Å². The molecule has 102 valence electrons. The van der Waals surface area contributed by atoms with Crippen LogP contribution in [0.2, 0.25) is 0 Å². The average Bonchev–Trinajstić information content (AvgIpc) is 2.67. The van der Waals surface area contributed by atoms with Gasteiger partial charge in [0, 0.05) is 32.7 Å². The molecule has 0 unspecified atom stereocenters. The van der Waals surface area contributed by atoms with Crippen molar-refractivity contribution in [2.75, 3.05) is 19.6 Å². The number of hydrogen-bond donors (Lipinski definition) is 1. The Morgan fingerprint density at radius 3 is 2.67 bits per heavy atom. The molecule has 2 heterocycles. The molecule has 0 aliphatic carbocycles. The molecule has 1 aliphatic rings. The fraction of sp³-hybridized carbons (Fsp3) is 0.786. The molecule has 0 atom stereocenters. The highest BCUT2D eigenvalue weighted by molar-refractivity contribution is 5.08. The van der Waals surface area contributed by atoms with Gasteiger partial charge in [-0.3, -0.25) is 9.58 Å². The molecule has 4 heteroatoms. The summed E-state index contributed by atoms with van der Waals surface area (Å²) in [4.78, 5) is 2.54. The summed E-state index contributed by atoms with van der Waals surface area (Å²) in [5, 5.41) is 8.04. The van der Waals surface area contributed by atoms with Crippen LogP contribution in [0.1, 0.15) is 37.6 Å². The molecule has 1 fully saturated rings. The van der Waals surface area contributed by atoms with Crippen molar-refractivity contribution in [2.24, 2.45) is 7.05 Å². The fourth-order valence-electron chi connectivity index (χ4n) is 2.68. The van der Waals surface area contributed by atoms with E-state index in [2.05, 4.69) is 35.2 Å². The molecule has 0 aromatic carbocycles. The lowest BCUT2D eigenvalue weighted by Gasteiger charge is -2.32. The van der Waals surface area contributed by atoms with Crippen molar-refractivity contribution < 1.29 is 0 Å². The average molecular weight is 250 g/mol. The quantitative estimate of drug-likeness (QED) is 0.863. The zero-order chi connectivity index (χ0) is 13.0. The van der Waals surface area contributed by atoms with Gasteiger partial charge in [0.05, 0.1) is 11.4 Å². The van der Waals surface area contributed by atoms with Gasteiger partial charge in [0.15, 0.2) is 0 Å². The Morgan fingerprint density at radius 1 is 1.39 bits per heavy atom. The van der Waals surface area contributed by atoms with Crippen LogP contribution in [0, 0.1) is 6.92 Å². The number of nitrogens with zero attached hydrogens (tertiary/aromatic N) is 3. The number of likely N-dealkylation sites (tertiary alicyclic amines) is 1. The molecule has 0 radical (unpaired) electrons.